The molecule has 4 aliphatic rings. The second kappa shape index (κ2) is 11.2. The van der Waals surface area contributed by atoms with E-state index in [0.29, 0.717) is 43.3 Å². The number of rotatable bonds is 12. The van der Waals surface area contributed by atoms with E-state index in [1.807, 2.05) is 6.07 Å². The third-order valence-corrected chi connectivity index (χ3v) is 8.14. The number of carbonyl (C=O) groups excluding carboxylic acids is 2. The number of carboxylic acids is 1. The Kier molecular flexibility index (Phi) is 8.22. The highest BCUT2D eigenvalue weighted by molar-refractivity contribution is 6.34. The fourth-order valence-corrected chi connectivity index (χ4v) is 7.17. The van der Waals surface area contributed by atoms with E-state index in [9.17, 15) is 19.5 Å². The molecule has 0 heterocycles. The van der Waals surface area contributed by atoms with Gasteiger partial charge in [-0.3, -0.25) is 14.4 Å². The highest BCUT2D eigenvalue weighted by Crippen LogP contribution is 2.60. The van der Waals surface area contributed by atoms with E-state index < -0.39 is 5.97 Å². The van der Waals surface area contributed by atoms with Crippen LogP contribution < -0.4 is 16.0 Å². The molecule has 1 aromatic carbocycles. The zero-order valence-corrected chi connectivity index (χ0v) is 21.2. The van der Waals surface area contributed by atoms with Crippen molar-refractivity contribution in [2.24, 2.45) is 23.2 Å². The van der Waals surface area contributed by atoms with Crippen LogP contribution in [0.1, 0.15) is 55.8 Å². The maximum atomic E-state index is 13.6. The summed E-state index contributed by atoms with van der Waals surface area (Å²) in [4.78, 5) is 37.7. The van der Waals surface area contributed by atoms with Crippen molar-refractivity contribution < 1.29 is 19.5 Å². The topological polar surface area (TPSA) is 111 Å². The van der Waals surface area contributed by atoms with Gasteiger partial charge in [0, 0.05) is 45.3 Å². The van der Waals surface area contributed by atoms with Gasteiger partial charge in [0.15, 0.2) is 0 Å². The summed E-state index contributed by atoms with van der Waals surface area (Å²) >= 11 is 6.42. The van der Waals surface area contributed by atoms with Crippen LogP contribution in [0.3, 0.4) is 0 Å². The van der Waals surface area contributed by atoms with Crippen LogP contribution in [0.5, 0.6) is 0 Å². The van der Waals surface area contributed by atoms with Crippen molar-refractivity contribution in [3.05, 3.63) is 28.8 Å². The predicted molar refractivity (Wildman–Crippen MR) is 136 cm³/mol. The van der Waals surface area contributed by atoms with Crippen LogP contribution in [-0.4, -0.2) is 67.1 Å². The molecule has 0 aromatic heterocycles. The van der Waals surface area contributed by atoms with Crippen LogP contribution in [0.4, 0.5) is 5.69 Å². The van der Waals surface area contributed by atoms with E-state index in [1.165, 1.54) is 31.1 Å². The molecular formula is C26H37ClN4O4. The molecule has 2 amide bonds. The summed E-state index contributed by atoms with van der Waals surface area (Å²) in [5, 5.41) is 19.1. The summed E-state index contributed by atoms with van der Waals surface area (Å²) in [6, 6.07) is 5.22. The molecule has 4 aliphatic carbocycles. The van der Waals surface area contributed by atoms with Crippen molar-refractivity contribution in [2.75, 3.05) is 44.6 Å². The monoisotopic (exact) mass is 504 g/mol. The lowest BCUT2D eigenvalue weighted by molar-refractivity contribution is -0.138. The fraction of sp³-hybridized carbons (Fsp3) is 0.654. The molecule has 1 aromatic rings. The van der Waals surface area contributed by atoms with Crippen molar-refractivity contribution in [3.63, 3.8) is 0 Å². The molecule has 0 saturated heterocycles. The van der Waals surface area contributed by atoms with E-state index in [-0.39, 0.29) is 23.8 Å². The maximum absolute atomic E-state index is 13.6. The van der Waals surface area contributed by atoms with Crippen molar-refractivity contribution in [1.29, 1.82) is 0 Å². The number of halogens is 1. The standard InChI is InChI=1S/C26H37ClN4O4/c1-17(32)29-6-4-28-5-7-30-21-2-3-23(27)22(11-21)25(35)31(15-24(33)34)16-26-12-18-8-19(13-26)10-20(9-18)14-26/h2-3,11,18-20,28,30H,4-10,12-16H2,1H3,(H,29,32)(H,33,34). The lowest BCUT2D eigenvalue weighted by Crippen LogP contribution is -2.53. The Morgan fingerprint density at radius 2 is 1.66 bits per heavy atom. The Hall–Kier alpha value is -2.32. The Morgan fingerprint density at radius 1 is 1.03 bits per heavy atom. The minimum atomic E-state index is -1.00. The number of carbonyl (C=O) groups is 3. The molecule has 4 fully saturated rings. The van der Waals surface area contributed by atoms with E-state index in [4.69, 9.17) is 11.6 Å². The molecule has 8 nitrogen and oxygen atoms in total. The summed E-state index contributed by atoms with van der Waals surface area (Å²) in [6.45, 7) is 4.21. The van der Waals surface area contributed by atoms with Crippen LogP contribution >= 0.6 is 11.6 Å². The number of nitrogens with one attached hydrogen (secondary N) is 3. The minimum absolute atomic E-state index is 0.0467. The first-order valence-electron chi connectivity index (χ1n) is 12.7. The van der Waals surface area contributed by atoms with E-state index in [2.05, 4.69) is 16.0 Å². The molecule has 4 N–H and O–H groups in total. The van der Waals surface area contributed by atoms with E-state index in [0.717, 1.165) is 42.7 Å². The first-order valence-corrected chi connectivity index (χ1v) is 13.1. The number of nitrogens with zero attached hydrogens (tertiary/aromatic N) is 1. The van der Waals surface area contributed by atoms with Crippen molar-refractivity contribution >= 4 is 35.1 Å². The van der Waals surface area contributed by atoms with Crippen molar-refractivity contribution in [2.45, 2.75) is 45.4 Å². The van der Waals surface area contributed by atoms with Gasteiger partial charge in [-0.2, -0.15) is 0 Å². The van der Waals surface area contributed by atoms with Crippen molar-refractivity contribution in [1.82, 2.24) is 15.5 Å². The molecule has 0 spiro atoms. The van der Waals surface area contributed by atoms with Crippen molar-refractivity contribution in [3.8, 4) is 0 Å². The Balaban J connectivity index is 1.39. The maximum Gasteiger partial charge on any atom is 0.323 e. The Labute approximate surface area is 212 Å². The third-order valence-electron chi connectivity index (χ3n) is 7.81. The highest BCUT2D eigenvalue weighted by Gasteiger charge is 2.51. The summed E-state index contributed by atoms with van der Waals surface area (Å²) in [5.41, 5.74) is 1.14. The second-order valence-electron chi connectivity index (χ2n) is 10.8. The minimum Gasteiger partial charge on any atom is -0.480 e. The van der Waals surface area contributed by atoms with E-state index in [1.54, 1.807) is 12.1 Å². The van der Waals surface area contributed by atoms with Gasteiger partial charge in [-0.25, -0.2) is 0 Å². The Morgan fingerprint density at radius 3 is 2.26 bits per heavy atom. The molecule has 35 heavy (non-hydrogen) atoms. The van der Waals surface area contributed by atoms with Gasteiger partial charge in [-0.1, -0.05) is 11.6 Å². The van der Waals surface area contributed by atoms with Crippen LogP contribution in [0, 0.1) is 23.2 Å². The van der Waals surface area contributed by atoms with Crippen LogP contribution in [0.2, 0.25) is 5.02 Å². The zero-order chi connectivity index (χ0) is 25.0. The normalized spacial score (nSPS) is 26.4. The number of anilines is 1. The third kappa shape index (κ3) is 6.67. The van der Waals surface area contributed by atoms with Gasteiger partial charge in [0.2, 0.25) is 5.91 Å². The number of amides is 2. The van der Waals surface area contributed by atoms with Gasteiger partial charge in [0.25, 0.3) is 5.91 Å². The summed E-state index contributed by atoms with van der Waals surface area (Å²) < 4.78 is 0. The van der Waals surface area contributed by atoms with E-state index >= 15 is 0 Å². The number of aliphatic carboxylic acids is 1. The molecule has 5 rings (SSSR count). The quantitative estimate of drug-likeness (QED) is 0.325. The number of hydrogen-bond donors (Lipinski definition) is 4. The second-order valence-corrected chi connectivity index (χ2v) is 11.2. The Bertz CT molecular complexity index is 918. The number of carboxylic acid groups (broad SMARTS) is 1. The summed E-state index contributed by atoms with van der Waals surface area (Å²) in [5.74, 6) is 0.815. The molecule has 9 heteroatoms. The first kappa shape index (κ1) is 25.8. The van der Waals surface area contributed by atoms with Gasteiger partial charge < -0.3 is 26.0 Å². The van der Waals surface area contributed by atoms with Gasteiger partial charge in [-0.05, 0) is 79.9 Å². The SMILES string of the molecule is CC(=O)NCCNCCNc1ccc(Cl)c(C(=O)N(CC(=O)O)CC23CC4CC(CC(C4)C2)C3)c1. The fourth-order valence-electron chi connectivity index (χ4n) is 6.97. The smallest absolute Gasteiger partial charge is 0.323 e. The molecule has 192 valence electrons. The molecule has 0 radical (unpaired) electrons. The lowest BCUT2D eigenvalue weighted by atomic mass is 9.49. The average Bonchev–Trinajstić information content (AvgIpc) is 2.77. The predicted octanol–water partition coefficient (Wildman–Crippen LogP) is 3.22. The molecule has 0 unspecified atom stereocenters. The highest BCUT2D eigenvalue weighted by atomic mass is 35.5. The van der Waals surface area contributed by atoms with Crippen LogP contribution in [-0.2, 0) is 9.59 Å². The largest absolute Gasteiger partial charge is 0.480 e. The number of hydrogen-bond acceptors (Lipinski definition) is 5. The average molecular weight is 505 g/mol. The van der Waals surface area contributed by atoms with Crippen LogP contribution in [0.15, 0.2) is 18.2 Å². The van der Waals surface area contributed by atoms with Gasteiger partial charge >= 0.3 is 5.97 Å². The first-order chi connectivity index (χ1) is 16.7. The van der Waals surface area contributed by atoms with Crippen LogP contribution in [0.25, 0.3) is 0 Å². The van der Waals surface area contributed by atoms with Gasteiger partial charge in [0.05, 0.1) is 10.6 Å². The summed E-state index contributed by atoms with van der Waals surface area (Å²) in [7, 11) is 0. The molecular weight excluding hydrogens is 468 g/mol. The molecule has 0 aliphatic heterocycles. The van der Waals surface area contributed by atoms with Gasteiger partial charge in [0.1, 0.15) is 6.54 Å². The van der Waals surface area contributed by atoms with Gasteiger partial charge in [-0.15, -0.1) is 0 Å². The lowest BCUT2D eigenvalue weighted by Gasteiger charge is -2.57. The summed E-state index contributed by atoms with van der Waals surface area (Å²) in [6.07, 6.45) is 7.21. The molecule has 0 atom stereocenters. The molecule has 4 bridgehead atoms. The number of benzene rings is 1. The molecule has 4 saturated carbocycles. The zero-order valence-electron chi connectivity index (χ0n) is 20.4.